The Morgan fingerprint density at radius 1 is 1.22 bits per heavy atom. The van der Waals surface area contributed by atoms with Crippen molar-refractivity contribution in [3.8, 4) is 5.75 Å². The van der Waals surface area contributed by atoms with Crippen LogP contribution in [0.15, 0.2) is 36.7 Å². The first-order valence-electron chi connectivity index (χ1n) is 6.97. The summed E-state index contributed by atoms with van der Waals surface area (Å²) in [4.78, 5) is 20.1. The van der Waals surface area contributed by atoms with Crippen LogP contribution in [0, 0.1) is 0 Å². The number of aryl methyl sites for hydroxylation is 1. The maximum atomic E-state index is 12.2. The molecule has 6 nitrogen and oxygen atoms in total. The zero-order valence-electron chi connectivity index (χ0n) is 12.4. The van der Waals surface area contributed by atoms with Gasteiger partial charge in [-0.25, -0.2) is 23.5 Å². The van der Waals surface area contributed by atoms with Gasteiger partial charge >= 0.3 is 6.03 Å². The van der Waals surface area contributed by atoms with E-state index in [1.54, 1.807) is 18.2 Å². The Labute approximate surface area is 131 Å². The second-order valence-electron chi connectivity index (χ2n) is 4.52. The number of anilines is 2. The van der Waals surface area contributed by atoms with Gasteiger partial charge in [-0.1, -0.05) is 19.1 Å². The number of hydrogen-bond donors (Lipinski definition) is 2. The molecule has 122 valence electrons. The Morgan fingerprint density at radius 2 is 1.91 bits per heavy atom. The highest BCUT2D eigenvalue weighted by Crippen LogP contribution is 2.24. The Hall–Kier alpha value is -2.77. The molecule has 2 rings (SSSR count). The maximum absolute atomic E-state index is 12.2. The molecule has 0 unspecified atom stereocenters. The molecule has 0 radical (unpaired) electrons. The van der Waals surface area contributed by atoms with Crippen LogP contribution in [0.3, 0.4) is 0 Å². The maximum Gasteiger partial charge on any atom is 0.323 e. The van der Waals surface area contributed by atoms with E-state index in [2.05, 4.69) is 20.6 Å². The minimum Gasteiger partial charge on any atom is -0.485 e. The van der Waals surface area contributed by atoms with E-state index in [1.165, 1.54) is 18.5 Å². The summed E-state index contributed by atoms with van der Waals surface area (Å²) in [5.74, 6) is 0.835. The van der Waals surface area contributed by atoms with Gasteiger partial charge < -0.3 is 15.4 Å². The second-order valence-corrected chi connectivity index (χ2v) is 4.52. The normalized spacial score (nSPS) is 10.4. The van der Waals surface area contributed by atoms with Crippen LogP contribution >= 0.6 is 0 Å². The molecule has 2 amide bonds. The predicted octanol–water partition coefficient (Wildman–Crippen LogP) is 3.33. The molecule has 1 heterocycles. The zero-order valence-corrected chi connectivity index (χ0v) is 12.4. The first-order chi connectivity index (χ1) is 11.1. The lowest BCUT2D eigenvalue weighted by atomic mass is 10.3. The number of carbonyl (C=O) groups excluding carboxylic acids is 1. The molecule has 0 aliphatic carbocycles. The Balaban J connectivity index is 1.99. The highest BCUT2D eigenvalue weighted by Gasteiger charge is 2.10. The summed E-state index contributed by atoms with van der Waals surface area (Å²) in [5, 5.41) is 5.09. The number of alkyl halides is 2. The fourth-order valence-corrected chi connectivity index (χ4v) is 1.74. The van der Waals surface area contributed by atoms with Gasteiger partial charge in [-0.3, -0.25) is 0 Å². The van der Waals surface area contributed by atoms with Gasteiger partial charge in [-0.2, -0.15) is 0 Å². The minimum atomic E-state index is -2.59. The average Bonchev–Trinajstić information content (AvgIpc) is 2.54. The Morgan fingerprint density at radius 3 is 2.57 bits per heavy atom. The van der Waals surface area contributed by atoms with Crippen molar-refractivity contribution in [2.45, 2.75) is 19.8 Å². The third-order valence-electron chi connectivity index (χ3n) is 2.78. The van der Waals surface area contributed by atoms with Crippen molar-refractivity contribution in [1.82, 2.24) is 9.97 Å². The van der Waals surface area contributed by atoms with Crippen LogP contribution in [0.2, 0.25) is 0 Å². The predicted molar refractivity (Wildman–Crippen MR) is 82.0 cm³/mol. The van der Waals surface area contributed by atoms with E-state index in [4.69, 9.17) is 4.74 Å². The smallest absolute Gasteiger partial charge is 0.323 e. The fourth-order valence-electron chi connectivity index (χ4n) is 1.74. The quantitative estimate of drug-likeness (QED) is 0.855. The van der Waals surface area contributed by atoms with Crippen molar-refractivity contribution in [1.29, 1.82) is 0 Å². The molecule has 0 fully saturated rings. The number of para-hydroxylation sites is 2. The van der Waals surface area contributed by atoms with Crippen molar-refractivity contribution >= 4 is 17.4 Å². The molecule has 0 spiro atoms. The first kappa shape index (κ1) is 16.6. The van der Waals surface area contributed by atoms with E-state index in [0.29, 0.717) is 17.9 Å². The largest absolute Gasteiger partial charge is 0.485 e. The van der Waals surface area contributed by atoms with Gasteiger partial charge in [0.25, 0.3) is 6.43 Å². The van der Waals surface area contributed by atoms with Crippen LogP contribution in [0.4, 0.5) is 25.0 Å². The summed E-state index contributed by atoms with van der Waals surface area (Å²) in [6, 6.07) is 5.78. The van der Waals surface area contributed by atoms with Crippen molar-refractivity contribution in [2.75, 3.05) is 17.2 Å². The number of hydrogen-bond acceptors (Lipinski definition) is 4. The molecule has 1 aromatic carbocycles. The number of nitrogens with one attached hydrogen (secondary N) is 2. The van der Waals surface area contributed by atoms with Crippen molar-refractivity contribution < 1.29 is 18.3 Å². The van der Waals surface area contributed by atoms with Crippen LogP contribution in [0.1, 0.15) is 12.7 Å². The van der Waals surface area contributed by atoms with Crippen LogP contribution in [-0.2, 0) is 6.42 Å². The van der Waals surface area contributed by atoms with Crippen LogP contribution in [0.5, 0.6) is 5.75 Å². The van der Waals surface area contributed by atoms with Gasteiger partial charge in [0.15, 0.2) is 0 Å². The third kappa shape index (κ3) is 5.17. The molecule has 0 saturated heterocycles. The number of benzene rings is 1. The first-order valence-corrected chi connectivity index (χ1v) is 6.97. The van der Waals surface area contributed by atoms with Gasteiger partial charge in [0, 0.05) is 6.42 Å². The van der Waals surface area contributed by atoms with Crippen LogP contribution in [-0.4, -0.2) is 29.0 Å². The minimum absolute atomic E-state index is 0.167. The van der Waals surface area contributed by atoms with E-state index in [9.17, 15) is 13.6 Å². The lowest BCUT2D eigenvalue weighted by Gasteiger charge is -2.12. The molecular weight excluding hydrogens is 306 g/mol. The molecule has 2 N–H and O–H groups in total. The topological polar surface area (TPSA) is 76.1 Å². The summed E-state index contributed by atoms with van der Waals surface area (Å²) in [7, 11) is 0. The van der Waals surface area contributed by atoms with Crippen LogP contribution < -0.4 is 15.4 Å². The molecule has 0 aliphatic heterocycles. The number of carbonyl (C=O) groups is 1. The SMILES string of the molecule is CCc1ncc(NC(=O)Nc2ccccc2OCC(F)F)cn1. The Bertz CT molecular complexity index is 650. The standard InChI is InChI=1S/C15H16F2N4O2/c1-2-14-18-7-10(8-19-14)20-15(22)21-11-5-3-4-6-12(11)23-9-13(16)17/h3-8,13H,2,9H2,1H3,(H2,20,21,22). The lowest BCUT2D eigenvalue weighted by molar-refractivity contribution is 0.0823. The van der Waals surface area contributed by atoms with E-state index < -0.39 is 19.1 Å². The Kier molecular flexibility index (Phi) is 5.79. The van der Waals surface area contributed by atoms with E-state index in [1.807, 2.05) is 6.92 Å². The summed E-state index contributed by atoms with van der Waals surface area (Å²) < 4.78 is 29.4. The number of aromatic nitrogens is 2. The van der Waals surface area contributed by atoms with Gasteiger partial charge in [0.05, 0.1) is 23.8 Å². The van der Waals surface area contributed by atoms with Crippen molar-refractivity contribution in [3.63, 3.8) is 0 Å². The number of urea groups is 1. The molecule has 1 aromatic heterocycles. The average molecular weight is 322 g/mol. The van der Waals surface area contributed by atoms with Gasteiger partial charge in [0.1, 0.15) is 18.2 Å². The molecule has 0 aliphatic rings. The summed E-state index contributed by atoms with van der Waals surface area (Å²) in [5.41, 5.74) is 0.711. The molecular formula is C15H16F2N4O2. The highest BCUT2D eigenvalue weighted by atomic mass is 19.3. The number of nitrogens with zero attached hydrogens (tertiary/aromatic N) is 2. The summed E-state index contributed by atoms with van der Waals surface area (Å²) in [6.07, 6.45) is 1.09. The number of halogens is 2. The number of amides is 2. The van der Waals surface area contributed by atoms with Gasteiger partial charge in [-0.15, -0.1) is 0 Å². The summed E-state index contributed by atoms with van der Waals surface area (Å²) >= 11 is 0. The number of rotatable bonds is 6. The van der Waals surface area contributed by atoms with Crippen molar-refractivity contribution in [3.05, 3.63) is 42.5 Å². The van der Waals surface area contributed by atoms with E-state index in [0.717, 1.165) is 0 Å². The molecule has 23 heavy (non-hydrogen) atoms. The highest BCUT2D eigenvalue weighted by molar-refractivity contribution is 6.00. The summed E-state index contributed by atoms with van der Waals surface area (Å²) in [6.45, 7) is 1.18. The second kappa shape index (κ2) is 8.02. The monoisotopic (exact) mass is 322 g/mol. The molecule has 0 atom stereocenters. The van der Waals surface area contributed by atoms with E-state index >= 15 is 0 Å². The third-order valence-corrected chi connectivity index (χ3v) is 2.78. The molecule has 8 heteroatoms. The van der Waals surface area contributed by atoms with Crippen molar-refractivity contribution in [2.24, 2.45) is 0 Å². The fraction of sp³-hybridized carbons (Fsp3) is 0.267. The van der Waals surface area contributed by atoms with Gasteiger partial charge in [0.2, 0.25) is 0 Å². The lowest BCUT2D eigenvalue weighted by Crippen LogP contribution is -2.20. The van der Waals surface area contributed by atoms with Gasteiger partial charge in [-0.05, 0) is 12.1 Å². The van der Waals surface area contributed by atoms with Crippen LogP contribution in [0.25, 0.3) is 0 Å². The number of ether oxygens (including phenoxy) is 1. The molecule has 0 saturated carbocycles. The zero-order chi connectivity index (χ0) is 16.7. The van der Waals surface area contributed by atoms with E-state index in [-0.39, 0.29) is 11.4 Å². The molecule has 0 bridgehead atoms. The molecule has 2 aromatic rings.